The molecule has 1 aromatic heterocycles. The van der Waals surface area contributed by atoms with Gasteiger partial charge in [-0.1, -0.05) is 53.0 Å². The monoisotopic (exact) mass is 500 g/mol. The van der Waals surface area contributed by atoms with Crippen molar-refractivity contribution in [2.24, 2.45) is 0 Å². The molecule has 4 aromatic rings. The van der Waals surface area contributed by atoms with Gasteiger partial charge in [-0.25, -0.2) is 0 Å². The molecule has 3 nitrogen and oxygen atoms in total. The van der Waals surface area contributed by atoms with E-state index in [2.05, 4.69) is 4.98 Å². The number of amides is 1. The third-order valence-corrected chi connectivity index (χ3v) is 7.76. The topological polar surface area (TPSA) is 36.1 Å². The summed E-state index contributed by atoms with van der Waals surface area (Å²) in [7, 11) is 0. The minimum atomic E-state index is -0.0891. The molecule has 1 fully saturated rings. The van der Waals surface area contributed by atoms with Crippen LogP contribution in [-0.4, -0.2) is 21.0 Å². The van der Waals surface area contributed by atoms with Crippen LogP contribution in [0.25, 0.3) is 10.9 Å². The van der Waals surface area contributed by atoms with E-state index in [1.807, 2.05) is 77.8 Å². The molecule has 0 aliphatic carbocycles. The van der Waals surface area contributed by atoms with Gasteiger partial charge in [0, 0.05) is 60.8 Å². The molecule has 32 heavy (non-hydrogen) atoms. The molecule has 7 heteroatoms. The largest absolute Gasteiger partial charge is 0.361 e. The Morgan fingerprint density at radius 3 is 2.28 bits per heavy atom. The average molecular weight is 502 g/mol. The van der Waals surface area contributed by atoms with Gasteiger partial charge < -0.3 is 9.88 Å². The number of hydrogen-bond donors (Lipinski definition) is 1. The fourth-order valence-corrected chi connectivity index (χ4v) is 5.97. The Labute approximate surface area is 205 Å². The zero-order chi connectivity index (χ0) is 22.2. The summed E-state index contributed by atoms with van der Waals surface area (Å²) in [4.78, 5) is 19.6. The van der Waals surface area contributed by atoms with Crippen LogP contribution in [-0.2, 0) is 11.3 Å². The van der Waals surface area contributed by atoms with Gasteiger partial charge in [-0.15, -0.1) is 11.8 Å². The normalized spacial score (nSPS) is 18.6. The second-order valence-electron chi connectivity index (χ2n) is 7.84. The third kappa shape index (κ3) is 4.38. The molecular formula is C25H19Cl3N2OS. The van der Waals surface area contributed by atoms with Crippen LogP contribution in [0.2, 0.25) is 15.1 Å². The third-order valence-electron chi connectivity index (χ3n) is 5.75. The standard InChI is InChI=1S/C25H19Cl3N2OS/c26-16-3-1-15(2-4-16)14-30-24(31)12-23(32-19-8-5-17(27)6-9-19)25(30)21-13-29-22-11-18(28)7-10-20(21)22/h1-11,13,23,25,29H,12,14H2/t23?,25-/m0/s1. The molecule has 1 unspecified atom stereocenters. The van der Waals surface area contributed by atoms with Crippen LogP contribution in [0.3, 0.4) is 0 Å². The van der Waals surface area contributed by atoms with Crippen molar-refractivity contribution in [1.29, 1.82) is 0 Å². The molecule has 3 aromatic carbocycles. The summed E-state index contributed by atoms with van der Waals surface area (Å²) < 4.78 is 0. The SMILES string of the molecule is O=C1CC(Sc2ccc(Cl)cc2)[C@H](c2c[nH]c3cc(Cl)ccc23)N1Cc1ccc(Cl)cc1. The van der Waals surface area contributed by atoms with E-state index >= 15 is 0 Å². The number of H-pyrrole nitrogens is 1. The lowest BCUT2D eigenvalue weighted by Gasteiger charge is -2.28. The maximum atomic E-state index is 13.2. The number of fused-ring (bicyclic) bond motifs is 1. The summed E-state index contributed by atoms with van der Waals surface area (Å²) in [6.07, 6.45) is 2.47. The molecule has 5 rings (SSSR count). The number of aromatic nitrogens is 1. The highest BCUT2D eigenvalue weighted by Gasteiger charge is 2.42. The Morgan fingerprint density at radius 2 is 1.56 bits per heavy atom. The zero-order valence-corrected chi connectivity index (χ0v) is 20.0. The van der Waals surface area contributed by atoms with E-state index in [0.717, 1.165) is 26.9 Å². The number of thioether (sulfide) groups is 1. The maximum Gasteiger partial charge on any atom is 0.224 e. The van der Waals surface area contributed by atoms with Gasteiger partial charge in [0.25, 0.3) is 0 Å². The number of hydrogen-bond acceptors (Lipinski definition) is 2. The Balaban J connectivity index is 1.54. The molecule has 0 spiro atoms. The summed E-state index contributed by atoms with van der Waals surface area (Å²) in [6.45, 7) is 0.526. The molecule has 162 valence electrons. The summed E-state index contributed by atoms with van der Waals surface area (Å²) >= 11 is 20.0. The van der Waals surface area contributed by atoms with Gasteiger partial charge in [0.2, 0.25) is 5.91 Å². The first-order valence-electron chi connectivity index (χ1n) is 10.2. The molecule has 2 heterocycles. The highest BCUT2D eigenvalue weighted by atomic mass is 35.5. The number of benzene rings is 3. The molecule has 1 N–H and O–H groups in total. The van der Waals surface area contributed by atoms with Crippen LogP contribution in [0, 0.1) is 0 Å². The minimum Gasteiger partial charge on any atom is -0.361 e. The van der Waals surface area contributed by atoms with Crippen molar-refractivity contribution in [3.63, 3.8) is 0 Å². The van der Waals surface area contributed by atoms with Crippen molar-refractivity contribution < 1.29 is 4.79 Å². The summed E-state index contributed by atoms with van der Waals surface area (Å²) in [6, 6.07) is 21.2. The summed E-state index contributed by atoms with van der Waals surface area (Å²) in [5, 5.41) is 3.20. The van der Waals surface area contributed by atoms with E-state index in [1.54, 1.807) is 11.8 Å². The number of carbonyl (C=O) groups is 1. The second kappa shape index (κ2) is 9.03. The lowest BCUT2D eigenvalue weighted by atomic mass is 10.0. The molecule has 1 aliphatic rings. The summed E-state index contributed by atoms with van der Waals surface area (Å²) in [5.74, 6) is 0.139. The second-order valence-corrected chi connectivity index (χ2v) is 10.5. The minimum absolute atomic E-state index is 0.0608. The van der Waals surface area contributed by atoms with Crippen molar-refractivity contribution in [1.82, 2.24) is 9.88 Å². The zero-order valence-electron chi connectivity index (χ0n) is 16.9. The highest BCUT2D eigenvalue weighted by Crippen LogP contribution is 2.46. The molecule has 0 saturated carbocycles. The van der Waals surface area contributed by atoms with Gasteiger partial charge >= 0.3 is 0 Å². The number of nitrogens with one attached hydrogen (secondary N) is 1. The Kier molecular flexibility index (Phi) is 6.13. The van der Waals surface area contributed by atoms with E-state index in [9.17, 15) is 4.79 Å². The first kappa shape index (κ1) is 21.7. The van der Waals surface area contributed by atoms with Crippen molar-refractivity contribution in [2.75, 3.05) is 0 Å². The van der Waals surface area contributed by atoms with E-state index in [1.165, 1.54) is 0 Å². The van der Waals surface area contributed by atoms with Crippen LogP contribution in [0.5, 0.6) is 0 Å². The number of nitrogens with zero attached hydrogens (tertiary/aromatic N) is 1. The van der Waals surface area contributed by atoms with Crippen LogP contribution < -0.4 is 0 Å². The number of carbonyl (C=O) groups excluding carboxylic acids is 1. The van der Waals surface area contributed by atoms with Gasteiger partial charge in [0.15, 0.2) is 0 Å². The molecule has 1 saturated heterocycles. The summed E-state index contributed by atoms with van der Waals surface area (Å²) in [5.41, 5.74) is 3.12. The Hall–Kier alpha value is -2.11. The van der Waals surface area contributed by atoms with Crippen molar-refractivity contribution in [3.8, 4) is 0 Å². The molecular weight excluding hydrogens is 483 g/mol. The van der Waals surface area contributed by atoms with Gasteiger partial charge in [-0.2, -0.15) is 0 Å². The van der Waals surface area contributed by atoms with Gasteiger partial charge in [0.05, 0.1) is 6.04 Å². The van der Waals surface area contributed by atoms with E-state index in [0.29, 0.717) is 28.0 Å². The number of rotatable bonds is 5. The lowest BCUT2D eigenvalue weighted by molar-refractivity contribution is -0.129. The smallest absolute Gasteiger partial charge is 0.224 e. The molecule has 1 aliphatic heterocycles. The van der Waals surface area contributed by atoms with Crippen LogP contribution in [0.4, 0.5) is 0 Å². The van der Waals surface area contributed by atoms with E-state index < -0.39 is 0 Å². The molecule has 2 atom stereocenters. The molecule has 0 bridgehead atoms. The maximum absolute atomic E-state index is 13.2. The number of aromatic amines is 1. The fourth-order valence-electron chi connectivity index (χ4n) is 4.26. The van der Waals surface area contributed by atoms with Crippen molar-refractivity contribution in [2.45, 2.75) is 29.2 Å². The average Bonchev–Trinajstić information content (AvgIpc) is 3.31. The Morgan fingerprint density at radius 1 is 0.906 bits per heavy atom. The van der Waals surface area contributed by atoms with Crippen molar-refractivity contribution >= 4 is 63.4 Å². The number of halogens is 3. The van der Waals surface area contributed by atoms with Gasteiger partial charge in [-0.05, 0) is 54.1 Å². The quantitative estimate of drug-likeness (QED) is 0.303. The van der Waals surface area contributed by atoms with Crippen molar-refractivity contribution in [3.05, 3.63) is 99.1 Å². The van der Waals surface area contributed by atoms with Crippen LogP contribution in [0.15, 0.2) is 77.8 Å². The van der Waals surface area contributed by atoms with E-state index in [4.69, 9.17) is 34.8 Å². The highest BCUT2D eigenvalue weighted by molar-refractivity contribution is 8.00. The number of likely N-dealkylation sites (tertiary alicyclic amines) is 1. The molecule has 0 radical (unpaired) electrons. The predicted octanol–water partition coefficient (Wildman–Crippen LogP) is 7.76. The lowest BCUT2D eigenvalue weighted by Crippen LogP contribution is -2.29. The Bertz CT molecular complexity index is 1270. The van der Waals surface area contributed by atoms with E-state index in [-0.39, 0.29) is 17.2 Å². The first-order chi connectivity index (χ1) is 15.5. The van der Waals surface area contributed by atoms with Crippen LogP contribution in [0.1, 0.15) is 23.6 Å². The van der Waals surface area contributed by atoms with Gasteiger partial charge in [-0.3, -0.25) is 4.79 Å². The van der Waals surface area contributed by atoms with Gasteiger partial charge in [0.1, 0.15) is 0 Å². The predicted molar refractivity (Wildman–Crippen MR) is 134 cm³/mol. The molecule has 1 amide bonds. The van der Waals surface area contributed by atoms with Crippen LogP contribution >= 0.6 is 46.6 Å². The fraction of sp³-hybridized carbons (Fsp3) is 0.160. The first-order valence-corrected chi connectivity index (χ1v) is 12.2.